The van der Waals surface area contributed by atoms with E-state index in [9.17, 15) is 5.11 Å². The van der Waals surface area contributed by atoms with Crippen molar-refractivity contribution in [2.24, 2.45) is 0 Å². The first-order chi connectivity index (χ1) is 11.1. The number of hydrogen-bond acceptors (Lipinski definition) is 3. The van der Waals surface area contributed by atoms with Gasteiger partial charge in [0.25, 0.3) is 0 Å². The molecule has 2 aromatic rings. The molecule has 0 amide bonds. The summed E-state index contributed by atoms with van der Waals surface area (Å²) in [4.78, 5) is 0. The second kappa shape index (κ2) is 7.95. The Balaban J connectivity index is 1.96. The summed E-state index contributed by atoms with van der Waals surface area (Å²) in [5.41, 5.74) is 2.02. The van der Waals surface area contributed by atoms with Crippen molar-refractivity contribution in [3.05, 3.63) is 72.0 Å². The summed E-state index contributed by atoms with van der Waals surface area (Å²) in [6.45, 7) is 3.97. The number of benzene rings is 2. The van der Waals surface area contributed by atoms with Gasteiger partial charge in [-0.2, -0.15) is 0 Å². The third-order valence-corrected chi connectivity index (χ3v) is 3.49. The predicted octanol–water partition coefficient (Wildman–Crippen LogP) is 4.45. The van der Waals surface area contributed by atoms with Crippen molar-refractivity contribution in [2.75, 3.05) is 7.11 Å². The van der Waals surface area contributed by atoms with Gasteiger partial charge in [0.05, 0.1) is 18.8 Å². The number of aliphatic hydroxyl groups is 1. The summed E-state index contributed by atoms with van der Waals surface area (Å²) in [6, 6.07) is 15.3. The smallest absolute Gasteiger partial charge is 0.119 e. The Hall–Kier alpha value is -2.86. The zero-order valence-electron chi connectivity index (χ0n) is 13.2. The van der Waals surface area contributed by atoms with Crippen molar-refractivity contribution in [3.8, 4) is 23.8 Å². The second-order valence-corrected chi connectivity index (χ2v) is 5.20. The minimum absolute atomic E-state index is 0.0905. The number of terminal acetylenes is 1. The molecule has 0 heterocycles. The quantitative estimate of drug-likeness (QED) is 0.606. The molecular formula is C20H20O3. The van der Waals surface area contributed by atoms with Gasteiger partial charge < -0.3 is 14.6 Å². The van der Waals surface area contributed by atoms with Gasteiger partial charge in [-0.15, -0.1) is 6.42 Å². The van der Waals surface area contributed by atoms with Crippen molar-refractivity contribution < 1.29 is 14.6 Å². The van der Waals surface area contributed by atoms with Gasteiger partial charge >= 0.3 is 0 Å². The van der Waals surface area contributed by atoms with Crippen LogP contribution >= 0.6 is 0 Å². The van der Waals surface area contributed by atoms with Crippen LogP contribution in [-0.2, 0) is 6.61 Å². The highest BCUT2D eigenvalue weighted by molar-refractivity contribution is 5.34. The van der Waals surface area contributed by atoms with E-state index in [2.05, 4.69) is 12.5 Å². The number of methoxy groups -OCH3 is 1. The highest BCUT2D eigenvalue weighted by Crippen LogP contribution is 2.24. The summed E-state index contributed by atoms with van der Waals surface area (Å²) >= 11 is 0. The van der Waals surface area contributed by atoms with E-state index in [0.717, 1.165) is 22.6 Å². The zero-order chi connectivity index (χ0) is 16.7. The lowest BCUT2D eigenvalue weighted by atomic mass is 9.96. The van der Waals surface area contributed by atoms with E-state index < -0.39 is 0 Å². The molecule has 1 atom stereocenters. The van der Waals surface area contributed by atoms with E-state index in [0.29, 0.717) is 13.0 Å². The maximum atomic E-state index is 9.29. The van der Waals surface area contributed by atoms with E-state index in [1.165, 1.54) is 0 Å². The van der Waals surface area contributed by atoms with Crippen LogP contribution in [0.5, 0.6) is 11.5 Å². The highest BCUT2D eigenvalue weighted by Gasteiger charge is 2.09. The van der Waals surface area contributed by atoms with Gasteiger partial charge in [-0.1, -0.05) is 36.8 Å². The van der Waals surface area contributed by atoms with Crippen LogP contribution < -0.4 is 9.47 Å². The van der Waals surface area contributed by atoms with Crippen molar-refractivity contribution in [3.63, 3.8) is 0 Å². The summed E-state index contributed by atoms with van der Waals surface area (Å²) in [7, 11) is 1.64. The fourth-order valence-electron chi connectivity index (χ4n) is 2.19. The topological polar surface area (TPSA) is 38.7 Å². The third kappa shape index (κ3) is 4.82. The third-order valence-electron chi connectivity index (χ3n) is 3.49. The molecule has 3 nitrogen and oxygen atoms in total. The Kier molecular flexibility index (Phi) is 5.71. The SMILES string of the molecule is C#CC(CC(=C)O)c1ccc(OCc2ccc(OC)cc2)cc1. The number of aliphatic hydroxyl groups excluding tert-OH is 1. The average molecular weight is 308 g/mol. The minimum atomic E-state index is -0.178. The van der Waals surface area contributed by atoms with Gasteiger partial charge in [-0.05, 0) is 35.4 Å². The van der Waals surface area contributed by atoms with Gasteiger partial charge in [-0.3, -0.25) is 0 Å². The first-order valence-electron chi connectivity index (χ1n) is 7.31. The Morgan fingerprint density at radius 3 is 2.26 bits per heavy atom. The van der Waals surface area contributed by atoms with Gasteiger partial charge in [-0.25, -0.2) is 0 Å². The predicted molar refractivity (Wildman–Crippen MR) is 91.7 cm³/mol. The van der Waals surface area contributed by atoms with Crippen LogP contribution in [0, 0.1) is 12.3 Å². The Labute approximate surface area is 137 Å². The highest BCUT2D eigenvalue weighted by atomic mass is 16.5. The van der Waals surface area contributed by atoms with Crippen LogP contribution in [0.15, 0.2) is 60.9 Å². The first kappa shape index (κ1) is 16.5. The molecule has 0 aromatic heterocycles. The van der Waals surface area contributed by atoms with Crippen LogP contribution in [0.2, 0.25) is 0 Å². The monoisotopic (exact) mass is 308 g/mol. The van der Waals surface area contributed by atoms with Gasteiger partial charge in [0, 0.05) is 6.42 Å². The second-order valence-electron chi connectivity index (χ2n) is 5.20. The molecular weight excluding hydrogens is 288 g/mol. The van der Waals surface area contributed by atoms with Crippen molar-refractivity contribution in [1.29, 1.82) is 0 Å². The molecule has 2 aromatic carbocycles. The molecule has 23 heavy (non-hydrogen) atoms. The van der Waals surface area contributed by atoms with Crippen LogP contribution in [0.3, 0.4) is 0 Å². The minimum Gasteiger partial charge on any atom is -0.513 e. The molecule has 0 radical (unpaired) electrons. The Morgan fingerprint density at radius 1 is 1.13 bits per heavy atom. The summed E-state index contributed by atoms with van der Waals surface area (Å²) in [6.07, 6.45) is 5.87. The van der Waals surface area contributed by atoms with Crippen LogP contribution in [0.1, 0.15) is 23.5 Å². The van der Waals surface area contributed by atoms with E-state index in [1.54, 1.807) is 7.11 Å². The summed E-state index contributed by atoms with van der Waals surface area (Å²) in [5, 5.41) is 9.29. The van der Waals surface area contributed by atoms with Gasteiger partial charge in [0.2, 0.25) is 0 Å². The molecule has 0 saturated carbocycles. The summed E-state index contributed by atoms with van der Waals surface area (Å²) in [5.74, 6) is 4.17. The number of ether oxygens (including phenoxy) is 2. The molecule has 0 aliphatic heterocycles. The van der Waals surface area contributed by atoms with E-state index in [4.69, 9.17) is 15.9 Å². The molecule has 0 saturated heterocycles. The normalized spacial score (nSPS) is 11.3. The standard InChI is InChI=1S/C20H20O3/c1-4-17(13-15(2)21)18-7-11-20(12-8-18)23-14-16-5-9-19(22-3)10-6-16/h1,5-12,17,21H,2,13-14H2,3H3. The zero-order valence-corrected chi connectivity index (χ0v) is 13.2. The molecule has 0 spiro atoms. The van der Waals surface area contributed by atoms with Crippen molar-refractivity contribution >= 4 is 0 Å². The summed E-state index contributed by atoms with van der Waals surface area (Å²) < 4.78 is 10.9. The molecule has 1 unspecified atom stereocenters. The lowest BCUT2D eigenvalue weighted by Gasteiger charge is -2.12. The molecule has 0 fully saturated rings. The van der Waals surface area contributed by atoms with Crippen molar-refractivity contribution in [2.45, 2.75) is 18.9 Å². The largest absolute Gasteiger partial charge is 0.513 e. The number of hydrogen-bond donors (Lipinski definition) is 1. The van der Waals surface area contributed by atoms with Crippen LogP contribution in [0.4, 0.5) is 0 Å². The first-order valence-corrected chi connectivity index (χ1v) is 7.31. The molecule has 2 rings (SSSR count). The van der Waals surface area contributed by atoms with Gasteiger partial charge in [0.1, 0.15) is 18.1 Å². The molecule has 118 valence electrons. The fraction of sp³-hybridized carbons (Fsp3) is 0.200. The van der Waals surface area contributed by atoms with Crippen LogP contribution in [-0.4, -0.2) is 12.2 Å². The molecule has 3 heteroatoms. The number of rotatable bonds is 7. The molecule has 1 N–H and O–H groups in total. The molecule has 0 aliphatic carbocycles. The van der Waals surface area contributed by atoms with Crippen LogP contribution in [0.25, 0.3) is 0 Å². The fourth-order valence-corrected chi connectivity index (χ4v) is 2.19. The Bertz CT molecular complexity index is 678. The van der Waals surface area contributed by atoms with E-state index >= 15 is 0 Å². The van der Waals surface area contributed by atoms with E-state index in [1.807, 2.05) is 48.5 Å². The average Bonchev–Trinajstić information content (AvgIpc) is 2.58. The Morgan fingerprint density at radius 2 is 1.74 bits per heavy atom. The molecule has 0 aliphatic rings. The lowest BCUT2D eigenvalue weighted by molar-refractivity contribution is 0.306. The van der Waals surface area contributed by atoms with Gasteiger partial charge in [0.15, 0.2) is 0 Å². The van der Waals surface area contributed by atoms with Crippen molar-refractivity contribution in [1.82, 2.24) is 0 Å². The lowest BCUT2D eigenvalue weighted by Crippen LogP contribution is -1.99. The maximum Gasteiger partial charge on any atom is 0.119 e. The molecule has 0 bridgehead atoms. The maximum absolute atomic E-state index is 9.29. The van der Waals surface area contributed by atoms with E-state index in [-0.39, 0.29) is 11.7 Å². The number of allylic oxidation sites excluding steroid dienone is 1.